The molecule has 0 saturated heterocycles. The Morgan fingerprint density at radius 3 is 2.69 bits per heavy atom. The molecule has 2 aromatic rings. The summed E-state index contributed by atoms with van der Waals surface area (Å²) in [6.45, 7) is 4.14. The number of hydrogen-bond acceptors (Lipinski definition) is 3. The van der Waals surface area contributed by atoms with Crippen molar-refractivity contribution < 1.29 is 0 Å². The van der Waals surface area contributed by atoms with E-state index in [0.717, 1.165) is 9.13 Å². The molecule has 0 fully saturated rings. The maximum atomic E-state index is 5.95. The Labute approximate surface area is 112 Å². The van der Waals surface area contributed by atoms with Gasteiger partial charge in [-0.3, -0.25) is 4.68 Å². The summed E-state index contributed by atoms with van der Waals surface area (Å²) in [5, 5.41) is 4.71. The van der Waals surface area contributed by atoms with Gasteiger partial charge in [-0.25, -0.2) is 9.97 Å². The lowest BCUT2D eigenvalue weighted by molar-refractivity contribution is 0.532. The Balaban J connectivity index is 2.39. The first-order chi connectivity index (χ1) is 7.58. The van der Waals surface area contributed by atoms with Crippen LogP contribution < -0.4 is 0 Å². The molecule has 0 aliphatic heterocycles. The zero-order chi connectivity index (χ0) is 11.7. The third kappa shape index (κ3) is 2.35. The van der Waals surface area contributed by atoms with Crippen molar-refractivity contribution in [2.75, 3.05) is 0 Å². The predicted molar refractivity (Wildman–Crippen MR) is 71.4 cm³/mol. The van der Waals surface area contributed by atoms with Crippen LogP contribution in [0.4, 0.5) is 0 Å². The minimum absolute atomic E-state index is 0.327. The maximum Gasteiger partial charge on any atom is 0.164 e. The molecule has 0 N–H and O–H groups in total. The first kappa shape index (κ1) is 11.8. The summed E-state index contributed by atoms with van der Waals surface area (Å²) in [5.41, 5.74) is 0.881. The zero-order valence-electron chi connectivity index (χ0n) is 8.85. The average Bonchev–Trinajstić information content (AvgIpc) is 2.71. The second-order valence-corrected chi connectivity index (χ2v) is 5.16. The Kier molecular flexibility index (Phi) is 3.44. The number of hydrogen-bond donors (Lipinski definition) is 0. The molecular weight excluding hydrogens is 338 g/mol. The first-order valence-electron chi connectivity index (χ1n) is 4.80. The molecule has 0 atom stereocenters. The summed E-state index contributed by atoms with van der Waals surface area (Å²) in [6.07, 6.45) is 5.37. The molecule has 2 aromatic heterocycles. The summed E-state index contributed by atoms with van der Waals surface area (Å²) < 4.78 is 2.71. The lowest BCUT2D eigenvalue weighted by Gasteiger charge is -2.03. The Hall–Kier alpha value is -0.690. The summed E-state index contributed by atoms with van der Waals surface area (Å²) in [4.78, 5) is 8.43. The van der Waals surface area contributed by atoms with Crippen molar-refractivity contribution in [3.63, 3.8) is 0 Å². The van der Waals surface area contributed by atoms with Crippen LogP contribution in [0, 0.1) is 3.57 Å². The zero-order valence-corrected chi connectivity index (χ0v) is 11.8. The average molecular weight is 349 g/mol. The summed E-state index contributed by atoms with van der Waals surface area (Å²) in [5.74, 6) is 0.609. The van der Waals surface area contributed by atoms with Gasteiger partial charge in [-0.05, 0) is 36.4 Å². The van der Waals surface area contributed by atoms with Crippen LogP contribution in [-0.2, 0) is 0 Å². The van der Waals surface area contributed by atoms with Crippen LogP contribution in [0.1, 0.15) is 19.9 Å². The first-order valence-corrected chi connectivity index (χ1v) is 6.26. The molecule has 84 valence electrons. The van der Waals surface area contributed by atoms with Gasteiger partial charge in [0.05, 0.1) is 15.3 Å². The molecule has 0 bridgehead atoms. The smallest absolute Gasteiger partial charge is 0.164 e. The molecule has 0 radical (unpaired) electrons. The van der Waals surface area contributed by atoms with Gasteiger partial charge in [0, 0.05) is 18.4 Å². The molecule has 16 heavy (non-hydrogen) atoms. The van der Waals surface area contributed by atoms with E-state index >= 15 is 0 Å². The quantitative estimate of drug-likeness (QED) is 0.618. The van der Waals surface area contributed by atoms with Gasteiger partial charge in [-0.2, -0.15) is 5.10 Å². The molecule has 0 aliphatic carbocycles. The second-order valence-electron chi connectivity index (χ2n) is 3.64. The minimum Gasteiger partial charge on any atom is -0.270 e. The fraction of sp³-hybridized carbons (Fsp3) is 0.300. The molecule has 4 nitrogen and oxygen atoms in total. The second kappa shape index (κ2) is 4.67. The normalized spacial score (nSPS) is 11.1. The van der Waals surface area contributed by atoms with E-state index in [1.165, 1.54) is 0 Å². The largest absolute Gasteiger partial charge is 0.270 e. The Morgan fingerprint density at radius 2 is 2.12 bits per heavy atom. The Bertz CT molecular complexity index is 509. The van der Waals surface area contributed by atoms with Crippen molar-refractivity contribution in [2.24, 2.45) is 0 Å². The standard InChI is InChI=1S/C10H10ClIN4/c1-6(2)16-5-7(3-14-16)10-13-4-8(12)9(11)15-10/h3-6H,1-2H3. The summed E-state index contributed by atoms with van der Waals surface area (Å²) >= 11 is 8.05. The SMILES string of the molecule is CC(C)n1cc(-c2ncc(I)c(Cl)n2)cn1. The van der Waals surface area contributed by atoms with E-state index in [-0.39, 0.29) is 0 Å². The predicted octanol–water partition coefficient (Wildman–Crippen LogP) is 3.18. The van der Waals surface area contributed by atoms with E-state index in [4.69, 9.17) is 11.6 Å². The van der Waals surface area contributed by atoms with E-state index < -0.39 is 0 Å². The molecule has 0 saturated carbocycles. The van der Waals surface area contributed by atoms with Gasteiger partial charge >= 0.3 is 0 Å². The molecule has 6 heteroatoms. The van der Waals surface area contributed by atoms with Crippen LogP contribution >= 0.6 is 34.2 Å². The summed E-state index contributed by atoms with van der Waals surface area (Å²) in [6, 6.07) is 0.327. The number of aromatic nitrogens is 4. The van der Waals surface area contributed by atoms with Crippen molar-refractivity contribution in [1.29, 1.82) is 0 Å². The van der Waals surface area contributed by atoms with Gasteiger partial charge in [0.25, 0.3) is 0 Å². The molecular formula is C10H10ClIN4. The van der Waals surface area contributed by atoms with Crippen molar-refractivity contribution >= 4 is 34.2 Å². The van der Waals surface area contributed by atoms with Crippen LogP contribution in [0.25, 0.3) is 11.4 Å². The number of nitrogens with zero attached hydrogens (tertiary/aromatic N) is 4. The number of rotatable bonds is 2. The topological polar surface area (TPSA) is 43.6 Å². The lowest BCUT2D eigenvalue weighted by atomic mass is 10.3. The lowest BCUT2D eigenvalue weighted by Crippen LogP contribution is -1.99. The van der Waals surface area contributed by atoms with E-state index in [9.17, 15) is 0 Å². The van der Waals surface area contributed by atoms with E-state index in [2.05, 4.69) is 51.5 Å². The highest BCUT2D eigenvalue weighted by atomic mass is 127. The van der Waals surface area contributed by atoms with Gasteiger partial charge in [0.15, 0.2) is 5.82 Å². The monoisotopic (exact) mass is 348 g/mol. The van der Waals surface area contributed by atoms with Gasteiger partial charge in [-0.15, -0.1) is 0 Å². The minimum atomic E-state index is 0.327. The van der Waals surface area contributed by atoms with E-state index in [1.54, 1.807) is 12.4 Å². The van der Waals surface area contributed by atoms with Crippen molar-refractivity contribution in [1.82, 2.24) is 19.7 Å². The van der Waals surface area contributed by atoms with Crippen LogP contribution in [0.2, 0.25) is 5.15 Å². The van der Waals surface area contributed by atoms with Gasteiger partial charge < -0.3 is 0 Å². The molecule has 0 spiro atoms. The van der Waals surface area contributed by atoms with Crippen LogP contribution in [0.3, 0.4) is 0 Å². The van der Waals surface area contributed by atoms with Gasteiger partial charge in [-0.1, -0.05) is 11.6 Å². The van der Waals surface area contributed by atoms with Crippen molar-refractivity contribution in [3.05, 3.63) is 27.3 Å². The molecule has 2 heterocycles. The maximum absolute atomic E-state index is 5.95. The molecule has 0 unspecified atom stereocenters. The van der Waals surface area contributed by atoms with Crippen LogP contribution in [-0.4, -0.2) is 19.7 Å². The van der Waals surface area contributed by atoms with Crippen LogP contribution in [0.15, 0.2) is 18.6 Å². The van der Waals surface area contributed by atoms with E-state index in [0.29, 0.717) is 17.0 Å². The van der Waals surface area contributed by atoms with Crippen molar-refractivity contribution in [3.8, 4) is 11.4 Å². The summed E-state index contributed by atoms with van der Waals surface area (Å²) in [7, 11) is 0. The molecule has 2 rings (SSSR count). The molecule has 0 amide bonds. The van der Waals surface area contributed by atoms with Gasteiger partial charge in [0.2, 0.25) is 0 Å². The highest BCUT2D eigenvalue weighted by Crippen LogP contribution is 2.20. The van der Waals surface area contributed by atoms with Crippen molar-refractivity contribution in [2.45, 2.75) is 19.9 Å². The third-order valence-corrected chi connectivity index (χ3v) is 3.49. The Morgan fingerprint density at radius 1 is 1.38 bits per heavy atom. The highest BCUT2D eigenvalue weighted by Gasteiger charge is 2.08. The third-order valence-electron chi connectivity index (χ3n) is 2.09. The molecule has 0 aliphatic rings. The fourth-order valence-corrected chi connectivity index (χ4v) is 1.61. The van der Waals surface area contributed by atoms with Crippen LogP contribution in [0.5, 0.6) is 0 Å². The van der Waals surface area contributed by atoms with E-state index in [1.807, 2.05) is 10.9 Å². The molecule has 0 aromatic carbocycles. The highest BCUT2D eigenvalue weighted by molar-refractivity contribution is 14.1. The number of halogens is 2. The van der Waals surface area contributed by atoms with Gasteiger partial charge in [0.1, 0.15) is 5.15 Å². The fourth-order valence-electron chi connectivity index (χ4n) is 1.22.